The molecule has 0 unspecified atom stereocenters. The van der Waals surface area contributed by atoms with Crippen molar-refractivity contribution in [1.29, 1.82) is 0 Å². The van der Waals surface area contributed by atoms with Gasteiger partial charge in [0.2, 0.25) is 0 Å². The number of amides is 1. The highest BCUT2D eigenvalue weighted by Crippen LogP contribution is 2.08. The van der Waals surface area contributed by atoms with Crippen LogP contribution in [0.5, 0.6) is 0 Å². The lowest BCUT2D eigenvalue weighted by atomic mass is 10.2. The Balaban J connectivity index is 2.30. The van der Waals surface area contributed by atoms with Gasteiger partial charge in [-0.3, -0.25) is 4.79 Å². The summed E-state index contributed by atoms with van der Waals surface area (Å²) in [5.74, 6) is -2.39. The summed E-state index contributed by atoms with van der Waals surface area (Å²) in [6, 6.07) is 3.07. The quantitative estimate of drug-likeness (QED) is 0.736. The van der Waals surface area contributed by atoms with Crippen LogP contribution in [-0.4, -0.2) is 24.2 Å². The van der Waals surface area contributed by atoms with Crippen molar-refractivity contribution in [2.24, 2.45) is 0 Å². The fraction of sp³-hybridized carbons (Fsp3) is 0.462. The number of carbonyl (C=O) groups is 1. The molecule has 0 aliphatic rings. The lowest BCUT2D eigenvalue weighted by Gasteiger charge is -2.05. The van der Waals surface area contributed by atoms with Gasteiger partial charge >= 0.3 is 0 Å². The summed E-state index contributed by atoms with van der Waals surface area (Å²) in [6.07, 6.45) is 3.39. The number of nitrogens with one attached hydrogen (secondary N) is 1. The summed E-state index contributed by atoms with van der Waals surface area (Å²) in [7, 11) is 0. The van der Waals surface area contributed by atoms with Crippen molar-refractivity contribution in [2.75, 3.05) is 13.2 Å². The van der Waals surface area contributed by atoms with Crippen molar-refractivity contribution in [3.05, 3.63) is 35.4 Å². The first kappa shape index (κ1) is 14.6. The molecule has 0 aromatic heterocycles. The third-order valence-corrected chi connectivity index (χ3v) is 2.55. The topological polar surface area (TPSA) is 49.3 Å². The van der Waals surface area contributed by atoms with E-state index in [0.29, 0.717) is 6.54 Å². The first-order chi connectivity index (χ1) is 8.65. The molecular formula is C13H17F2NO2. The molecule has 2 N–H and O–H groups in total. The van der Waals surface area contributed by atoms with Crippen molar-refractivity contribution in [3.63, 3.8) is 0 Å². The van der Waals surface area contributed by atoms with Gasteiger partial charge in [0.1, 0.15) is 0 Å². The summed E-state index contributed by atoms with van der Waals surface area (Å²) in [5.41, 5.74) is 0.115. The van der Waals surface area contributed by atoms with E-state index in [-0.39, 0.29) is 12.2 Å². The minimum Gasteiger partial charge on any atom is -0.396 e. The smallest absolute Gasteiger partial charge is 0.251 e. The van der Waals surface area contributed by atoms with Crippen LogP contribution in [0.15, 0.2) is 18.2 Å². The van der Waals surface area contributed by atoms with E-state index in [1.54, 1.807) is 0 Å². The van der Waals surface area contributed by atoms with Gasteiger partial charge in [-0.25, -0.2) is 8.78 Å². The van der Waals surface area contributed by atoms with E-state index in [0.717, 1.165) is 37.8 Å². The molecule has 18 heavy (non-hydrogen) atoms. The molecule has 0 heterocycles. The minimum atomic E-state index is -1.02. The summed E-state index contributed by atoms with van der Waals surface area (Å²) in [5, 5.41) is 11.2. The molecule has 0 bridgehead atoms. The van der Waals surface area contributed by atoms with Crippen molar-refractivity contribution < 1.29 is 18.7 Å². The van der Waals surface area contributed by atoms with E-state index in [2.05, 4.69) is 5.32 Å². The van der Waals surface area contributed by atoms with Crippen LogP contribution in [0.3, 0.4) is 0 Å². The first-order valence-electron chi connectivity index (χ1n) is 5.99. The van der Waals surface area contributed by atoms with E-state index < -0.39 is 17.5 Å². The molecule has 0 radical (unpaired) electrons. The molecule has 0 spiro atoms. The molecule has 1 aromatic rings. The maximum absolute atomic E-state index is 12.9. The maximum atomic E-state index is 12.9. The molecule has 0 fully saturated rings. The second-order valence-electron chi connectivity index (χ2n) is 4.02. The highest BCUT2D eigenvalue weighted by atomic mass is 19.2. The van der Waals surface area contributed by atoms with Crippen molar-refractivity contribution in [1.82, 2.24) is 5.32 Å². The molecule has 100 valence electrons. The van der Waals surface area contributed by atoms with Gasteiger partial charge in [0.25, 0.3) is 5.91 Å². The summed E-state index contributed by atoms with van der Waals surface area (Å²) >= 11 is 0. The highest BCUT2D eigenvalue weighted by Gasteiger charge is 2.08. The van der Waals surface area contributed by atoms with E-state index in [1.165, 1.54) is 6.07 Å². The standard InChI is InChI=1S/C13H17F2NO2/c14-11-6-5-10(9-12(11)15)13(18)16-7-3-1-2-4-8-17/h5-6,9,17H,1-4,7-8H2,(H,16,18). The molecule has 1 aromatic carbocycles. The van der Waals surface area contributed by atoms with Gasteiger partial charge in [-0.05, 0) is 31.0 Å². The minimum absolute atomic E-state index is 0.115. The fourth-order valence-corrected chi connectivity index (χ4v) is 1.53. The van der Waals surface area contributed by atoms with Gasteiger partial charge in [0, 0.05) is 18.7 Å². The lowest BCUT2D eigenvalue weighted by molar-refractivity contribution is 0.0952. The third kappa shape index (κ3) is 4.79. The van der Waals surface area contributed by atoms with Crippen LogP contribution in [0.2, 0.25) is 0 Å². The number of benzene rings is 1. The van der Waals surface area contributed by atoms with E-state index in [1.807, 2.05) is 0 Å². The second kappa shape index (κ2) is 7.76. The Morgan fingerprint density at radius 2 is 1.83 bits per heavy atom. The normalized spacial score (nSPS) is 10.4. The summed E-state index contributed by atoms with van der Waals surface area (Å²) in [6.45, 7) is 0.671. The number of aliphatic hydroxyl groups is 1. The number of carbonyl (C=O) groups excluding carboxylic acids is 1. The predicted octanol–water partition coefficient (Wildman–Crippen LogP) is 2.25. The Morgan fingerprint density at radius 3 is 2.50 bits per heavy atom. The van der Waals surface area contributed by atoms with Crippen molar-refractivity contribution in [2.45, 2.75) is 25.7 Å². The van der Waals surface area contributed by atoms with Crippen LogP contribution in [0.4, 0.5) is 8.78 Å². The molecular weight excluding hydrogens is 240 g/mol. The Morgan fingerprint density at radius 1 is 1.11 bits per heavy atom. The Hall–Kier alpha value is -1.49. The van der Waals surface area contributed by atoms with Crippen molar-refractivity contribution >= 4 is 5.91 Å². The van der Waals surface area contributed by atoms with Gasteiger partial charge in [-0.15, -0.1) is 0 Å². The molecule has 0 saturated carbocycles. The summed E-state index contributed by atoms with van der Waals surface area (Å²) < 4.78 is 25.5. The van der Waals surface area contributed by atoms with Crippen LogP contribution in [0.25, 0.3) is 0 Å². The number of hydrogen-bond acceptors (Lipinski definition) is 2. The van der Waals surface area contributed by atoms with Gasteiger partial charge < -0.3 is 10.4 Å². The third-order valence-electron chi connectivity index (χ3n) is 2.55. The largest absolute Gasteiger partial charge is 0.396 e. The number of rotatable bonds is 7. The molecule has 0 aliphatic heterocycles. The van der Waals surface area contributed by atoms with Crippen LogP contribution in [-0.2, 0) is 0 Å². The van der Waals surface area contributed by atoms with Crippen LogP contribution in [0, 0.1) is 11.6 Å². The zero-order chi connectivity index (χ0) is 13.4. The number of halogens is 2. The van der Waals surface area contributed by atoms with Crippen LogP contribution in [0.1, 0.15) is 36.0 Å². The van der Waals surface area contributed by atoms with Gasteiger partial charge in [-0.1, -0.05) is 12.8 Å². The molecule has 1 amide bonds. The monoisotopic (exact) mass is 257 g/mol. The Kier molecular flexibility index (Phi) is 6.28. The van der Waals surface area contributed by atoms with E-state index >= 15 is 0 Å². The predicted molar refractivity (Wildman–Crippen MR) is 64.2 cm³/mol. The number of aliphatic hydroxyl groups excluding tert-OH is 1. The molecule has 5 heteroatoms. The fourth-order valence-electron chi connectivity index (χ4n) is 1.53. The van der Waals surface area contributed by atoms with E-state index in [9.17, 15) is 13.6 Å². The average Bonchev–Trinajstić information content (AvgIpc) is 2.36. The second-order valence-corrected chi connectivity index (χ2v) is 4.02. The zero-order valence-corrected chi connectivity index (χ0v) is 10.1. The Labute approximate surface area is 105 Å². The Bertz CT molecular complexity index is 397. The lowest BCUT2D eigenvalue weighted by Crippen LogP contribution is -2.24. The van der Waals surface area contributed by atoms with Gasteiger partial charge in [0.05, 0.1) is 0 Å². The first-order valence-corrected chi connectivity index (χ1v) is 5.99. The van der Waals surface area contributed by atoms with Gasteiger partial charge in [-0.2, -0.15) is 0 Å². The van der Waals surface area contributed by atoms with Gasteiger partial charge in [0.15, 0.2) is 11.6 Å². The molecule has 1 rings (SSSR count). The van der Waals surface area contributed by atoms with Crippen molar-refractivity contribution in [3.8, 4) is 0 Å². The number of unbranched alkanes of at least 4 members (excludes halogenated alkanes) is 3. The van der Waals surface area contributed by atoms with Crippen LogP contribution < -0.4 is 5.32 Å². The SMILES string of the molecule is O=C(NCCCCCCO)c1ccc(F)c(F)c1. The maximum Gasteiger partial charge on any atom is 0.251 e. The molecule has 0 aliphatic carbocycles. The summed E-state index contributed by atoms with van der Waals surface area (Å²) in [4.78, 5) is 11.6. The van der Waals surface area contributed by atoms with Crippen LogP contribution >= 0.6 is 0 Å². The molecule has 3 nitrogen and oxygen atoms in total. The molecule has 0 atom stereocenters. The van der Waals surface area contributed by atoms with E-state index in [4.69, 9.17) is 5.11 Å². The zero-order valence-electron chi connectivity index (χ0n) is 10.1. The highest BCUT2D eigenvalue weighted by molar-refractivity contribution is 5.94. The molecule has 0 saturated heterocycles. The average molecular weight is 257 g/mol. The number of hydrogen-bond donors (Lipinski definition) is 2.